The molecule has 0 amide bonds. The summed E-state index contributed by atoms with van der Waals surface area (Å²) in [7, 11) is 0. The van der Waals surface area contributed by atoms with Crippen LogP contribution in [0.5, 0.6) is 0 Å². The minimum absolute atomic E-state index is 0.207. The summed E-state index contributed by atoms with van der Waals surface area (Å²) in [5.41, 5.74) is 0.549. The van der Waals surface area contributed by atoms with Gasteiger partial charge in [-0.3, -0.25) is 0 Å². The second-order valence-corrected chi connectivity index (χ2v) is 8.34. The molecule has 1 aliphatic rings. The molecule has 1 aromatic carbocycles. The highest BCUT2D eigenvalue weighted by atomic mass is 16.7. The Balaban J connectivity index is 1.46. The molecular weight excluding hydrogens is 380 g/mol. The number of hydrogen-bond donors (Lipinski definition) is 0. The Morgan fingerprint density at radius 3 is 2.40 bits per heavy atom. The SMILES string of the molecule is CCCCCCCCCCOCCCC1(C)OCC(COC(=O)c2ccccc2)O1. The highest BCUT2D eigenvalue weighted by Gasteiger charge is 2.37. The molecule has 0 spiro atoms. The topological polar surface area (TPSA) is 54.0 Å². The molecule has 0 aromatic heterocycles. The molecule has 5 nitrogen and oxygen atoms in total. The number of carbonyl (C=O) groups excluding carboxylic acids is 1. The number of ether oxygens (including phenoxy) is 4. The van der Waals surface area contributed by atoms with Gasteiger partial charge in [-0.1, -0.05) is 70.1 Å². The summed E-state index contributed by atoms with van der Waals surface area (Å²) in [5.74, 6) is -0.951. The fraction of sp³-hybridized carbons (Fsp3) is 0.720. The summed E-state index contributed by atoms with van der Waals surface area (Å²) < 4.78 is 22.9. The van der Waals surface area contributed by atoms with Crippen LogP contribution in [0.15, 0.2) is 30.3 Å². The summed E-state index contributed by atoms with van der Waals surface area (Å²) in [6.45, 7) is 6.42. The van der Waals surface area contributed by atoms with Gasteiger partial charge in [0.25, 0.3) is 0 Å². The quantitative estimate of drug-likeness (QED) is 0.246. The molecule has 0 aliphatic carbocycles. The summed E-state index contributed by atoms with van der Waals surface area (Å²) in [6, 6.07) is 8.99. The van der Waals surface area contributed by atoms with Gasteiger partial charge < -0.3 is 18.9 Å². The number of benzene rings is 1. The minimum atomic E-state index is -0.619. The number of unbranched alkanes of at least 4 members (excludes halogenated alkanes) is 7. The van der Waals surface area contributed by atoms with Gasteiger partial charge in [0.05, 0.1) is 12.2 Å². The van der Waals surface area contributed by atoms with E-state index in [1.807, 2.05) is 25.1 Å². The van der Waals surface area contributed by atoms with Gasteiger partial charge in [-0.2, -0.15) is 0 Å². The van der Waals surface area contributed by atoms with Gasteiger partial charge in [-0.15, -0.1) is 0 Å². The molecule has 1 aromatic rings. The molecule has 2 unspecified atom stereocenters. The van der Waals surface area contributed by atoms with Crippen molar-refractivity contribution in [2.24, 2.45) is 0 Å². The molecule has 1 heterocycles. The van der Waals surface area contributed by atoms with Crippen LogP contribution in [-0.4, -0.2) is 44.3 Å². The van der Waals surface area contributed by atoms with Crippen LogP contribution in [0.1, 0.15) is 88.4 Å². The maximum atomic E-state index is 12.0. The van der Waals surface area contributed by atoms with Crippen LogP contribution in [-0.2, 0) is 18.9 Å². The van der Waals surface area contributed by atoms with E-state index in [4.69, 9.17) is 18.9 Å². The van der Waals surface area contributed by atoms with Crippen molar-refractivity contribution in [2.75, 3.05) is 26.4 Å². The predicted octanol–water partition coefficient (Wildman–Crippen LogP) is 5.91. The largest absolute Gasteiger partial charge is 0.459 e. The maximum absolute atomic E-state index is 12.0. The van der Waals surface area contributed by atoms with Crippen molar-refractivity contribution in [3.05, 3.63) is 35.9 Å². The zero-order valence-electron chi connectivity index (χ0n) is 18.9. The monoisotopic (exact) mass is 420 g/mol. The average Bonchev–Trinajstić information content (AvgIpc) is 3.14. The van der Waals surface area contributed by atoms with Crippen molar-refractivity contribution in [2.45, 2.75) is 89.9 Å². The Bertz CT molecular complexity index is 576. The van der Waals surface area contributed by atoms with E-state index in [1.165, 1.54) is 44.9 Å². The van der Waals surface area contributed by atoms with Crippen LogP contribution in [0.4, 0.5) is 0 Å². The van der Waals surface area contributed by atoms with E-state index in [-0.39, 0.29) is 18.7 Å². The zero-order valence-corrected chi connectivity index (χ0v) is 18.9. The summed E-state index contributed by atoms with van der Waals surface area (Å²) >= 11 is 0. The van der Waals surface area contributed by atoms with Crippen LogP contribution in [0.3, 0.4) is 0 Å². The number of rotatable bonds is 16. The highest BCUT2D eigenvalue weighted by molar-refractivity contribution is 5.89. The van der Waals surface area contributed by atoms with Crippen molar-refractivity contribution in [1.29, 1.82) is 0 Å². The lowest BCUT2D eigenvalue weighted by molar-refractivity contribution is -0.164. The molecule has 2 rings (SSSR count). The third kappa shape index (κ3) is 10.1. The lowest BCUT2D eigenvalue weighted by atomic mass is 10.1. The first kappa shape index (κ1) is 24.8. The van der Waals surface area contributed by atoms with Gasteiger partial charge >= 0.3 is 5.97 Å². The summed E-state index contributed by atoms with van der Waals surface area (Å²) in [5, 5.41) is 0. The van der Waals surface area contributed by atoms with Gasteiger partial charge in [-0.25, -0.2) is 4.79 Å². The predicted molar refractivity (Wildman–Crippen MR) is 119 cm³/mol. The third-order valence-corrected chi connectivity index (χ3v) is 5.46. The Morgan fingerprint density at radius 2 is 1.67 bits per heavy atom. The molecular formula is C25H40O5. The Hall–Kier alpha value is -1.43. The van der Waals surface area contributed by atoms with E-state index >= 15 is 0 Å². The molecule has 0 bridgehead atoms. The summed E-state index contributed by atoms with van der Waals surface area (Å²) in [4.78, 5) is 12.0. The molecule has 1 fully saturated rings. The van der Waals surface area contributed by atoms with Crippen molar-refractivity contribution in [3.8, 4) is 0 Å². The number of hydrogen-bond acceptors (Lipinski definition) is 5. The van der Waals surface area contributed by atoms with Crippen molar-refractivity contribution >= 4 is 5.97 Å². The lowest BCUT2D eigenvalue weighted by Crippen LogP contribution is -2.29. The molecule has 2 atom stereocenters. The second kappa shape index (κ2) is 14.6. The van der Waals surface area contributed by atoms with E-state index in [0.717, 1.165) is 32.5 Å². The molecule has 1 aliphatic heterocycles. The average molecular weight is 421 g/mol. The second-order valence-electron chi connectivity index (χ2n) is 8.34. The number of esters is 1. The molecule has 170 valence electrons. The van der Waals surface area contributed by atoms with Crippen LogP contribution >= 0.6 is 0 Å². The maximum Gasteiger partial charge on any atom is 0.338 e. The van der Waals surface area contributed by atoms with Gasteiger partial charge in [-0.05, 0) is 31.9 Å². The van der Waals surface area contributed by atoms with Gasteiger partial charge in [0.1, 0.15) is 12.7 Å². The van der Waals surface area contributed by atoms with E-state index in [0.29, 0.717) is 12.2 Å². The van der Waals surface area contributed by atoms with Crippen LogP contribution in [0.2, 0.25) is 0 Å². The van der Waals surface area contributed by atoms with Gasteiger partial charge in [0.2, 0.25) is 0 Å². The van der Waals surface area contributed by atoms with Crippen molar-refractivity contribution in [3.63, 3.8) is 0 Å². The standard InChI is InChI=1S/C25H40O5/c1-3-4-5-6-7-8-9-13-18-27-19-14-17-25(2)29-21-23(30-25)20-28-24(26)22-15-11-10-12-16-22/h10-12,15-16,23H,3-9,13-14,17-21H2,1-2H3. The summed E-state index contributed by atoms with van der Waals surface area (Å²) in [6.07, 6.45) is 12.0. The Labute approximate surface area is 182 Å². The van der Waals surface area contributed by atoms with E-state index < -0.39 is 5.79 Å². The Morgan fingerprint density at radius 1 is 1.00 bits per heavy atom. The van der Waals surface area contributed by atoms with Gasteiger partial charge in [0.15, 0.2) is 5.79 Å². The highest BCUT2D eigenvalue weighted by Crippen LogP contribution is 2.28. The smallest absolute Gasteiger partial charge is 0.338 e. The van der Waals surface area contributed by atoms with Crippen LogP contribution in [0.25, 0.3) is 0 Å². The molecule has 0 N–H and O–H groups in total. The van der Waals surface area contributed by atoms with Crippen LogP contribution in [0, 0.1) is 0 Å². The molecule has 5 heteroatoms. The van der Waals surface area contributed by atoms with E-state index in [2.05, 4.69) is 6.92 Å². The van der Waals surface area contributed by atoms with Gasteiger partial charge in [0, 0.05) is 19.6 Å². The van der Waals surface area contributed by atoms with E-state index in [1.54, 1.807) is 12.1 Å². The van der Waals surface area contributed by atoms with E-state index in [9.17, 15) is 4.79 Å². The lowest BCUT2D eigenvalue weighted by Gasteiger charge is -2.23. The molecule has 30 heavy (non-hydrogen) atoms. The first-order chi connectivity index (χ1) is 14.6. The molecule has 0 radical (unpaired) electrons. The molecule has 1 saturated heterocycles. The fourth-order valence-electron chi connectivity index (χ4n) is 3.66. The minimum Gasteiger partial charge on any atom is -0.459 e. The first-order valence-corrected chi connectivity index (χ1v) is 11.7. The third-order valence-electron chi connectivity index (χ3n) is 5.46. The normalized spacial score (nSPS) is 21.1. The fourth-order valence-corrected chi connectivity index (χ4v) is 3.66. The molecule has 0 saturated carbocycles. The Kier molecular flexibility index (Phi) is 12.0. The zero-order chi connectivity index (χ0) is 21.5. The first-order valence-electron chi connectivity index (χ1n) is 11.7. The van der Waals surface area contributed by atoms with Crippen molar-refractivity contribution < 1.29 is 23.7 Å². The number of carbonyl (C=O) groups is 1. The van der Waals surface area contributed by atoms with Crippen molar-refractivity contribution in [1.82, 2.24) is 0 Å². The van der Waals surface area contributed by atoms with Crippen LogP contribution < -0.4 is 0 Å².